The average molecular weight is 266 g/mol. The molecule has 1 aliphatic heterocycles. The van der Waals surface area contributed by atoms with E-state index in [2.05, 4.69) is 5.32 Å². The first-order valence-corrected chi connectivity index (χ1v) is 6.11. The molecular formula is C13H15FN2O3. The van der Waals surface area contributed by atoms with Gasteiger partial charge in [0.2, 0.25) is 0 Å². The Hall–Kier alpha value is -2.11. The van der Waals surface area contributed by atoms with Gasteiger partial charge in [0.15, 0.2) is 0 Å². The first-order chi connectivity index (χ1) is 9.22. The lowest BCUT2D eigenvalue weighted by molar-refractivity contribution is 0.0481. The molecule has 1 N–H and O–H groups in total. The Morgan fingerprint density at radius 3 is 3.05 bits per heavy atom. The van der Waals surface area contributed by atoms with Crippen LogP contribution >= 0.6 is 0 Å². The minimum Gasteiger partial charge on any atom is -0.459 e. The third-order valence-corrected chi connectivity index (χ3v) is 2.78. The van der Waals surface area contributed by atoms with E-state index in [0.29, 0.717) is 24.3 Å². The third-order valence-electron chi connectivity index (χ3n) is 2.78. The van der Waals surface area contributed by atoms with Gasteiger partial charge in [-0.3, -0.25) is 4.90 Å². The number of nitrogens with zero attached hydrogens (tertiary/aromatic N) is 1. The lowest BCUT2D eigenvalue weighted by atomic mass is 10.1. The molecule has 1 heterocycles. The predicted octanol–water partition coefficient (Wildman–Crippen LogP) is 1.73. The van der Waals surface area contributed by atoms with E-state index >= 15 is 0 Å². The molecule has 0 spiro atoms. The number of nitrogens with one attached hydrogen (secondary N) is 1. The van der Waals surface area contributed by atoms with Gasteiger partial charge in [0.1, 0.15) is 13.3 Å². The summed E-state index contributed by atoms with van der Waals surface area (Å²) in [5, 5.41) is 2.73. The highest BCUT2D eigenvalue weighted by atomic mass is 19.1. The maximum Gasteiger partial charge on any atom is 0.338 e. The fraction of sp³-hybridized carbons (Fsp3) is 0.385. The van der Waals surface area contributed by atoms with Crippen molar-refractivity contribution < 1.29 is 18.7 Å². The number of anilines is 1. The Morgan fingerprint density at radius 1 is 1.47 bits per heavy atom. The van der Waals surface area contributed by atoms with Crippen molar-refractivity contribution in [2.45, 2.75) is 6.42 Å². The molecule has 5 nitrogen and oxygen atoms in total. The van der Waals surface area contributed by atoms with E-state index in [-0.39, 0.29) is 12.6 Å². The molecule has 1 fully saturated rings. The van der Waals surface area contributed by atoms with Gasteiger partial charge in [-0.1, -0.05) is 6.07 Å². The topological polar surface area (TPSA) is 58.6 Å². The molecule has 1 aliphatic rings. The number of carbonyl (C=O) groups is 2. The summed E-state index contributed by atoms with van der Waals surface area (Å²) in [5.74, 6) is -0.586. The summed E-state index contributed by atoms with van der Waals surface area (Å²) in [7, 11) is 0. The van der Waals surface area contributed by atoms with Crippen molar-refractivity contribution in [3.63, 3.8) is 0 Å². The molecule has 0 atom stereocenters. The van der Waals surface area contributed by atoms with Crippen LogP contribution in [-0.4, -0.2) is 38.4 Å². The quantitative estimate of drug-likeness (QED) is 0.844. The number of ether oxygens (including phenoxy) is 1. The van der Waals surface area contributed by atoms with Gasteiger partial charge >= 0.3 is 12.0 Å². The Labute approximate surface area is 110 Å². The van der Waals surface area contributed by atoms with Crippen LogP contribution in [0.2, 0.25) is 0 Å². The number of carbonyl (C=O) groups excluding carboxylic acids is 2. The van der Waals surface area contributed by atoms with Gasteiger partial charge in [0.05, 0.1) is 5.56 Å². The molecule has 0 aromatic heterocycles. The number of benzene rings is 1. The van der Waals surface area contributed by atoms with Gasteiger partial charge in [0.25, 0.3) is 0 Å². The maximum absolute atomic E-state index is 12.0. The summed E-state index contributed by atoms with van der Waals surface area (Å²) in [6.07, 6.45) is 0.849. The number of hydrogen-bond donors (Lipinski definition) is 1. The summed E-state index contributed by atoms with van der Waals surface area (Å²) < 4.78 is 16.7. The molecule has 2 rings (SSSR count). The van der Waals surface area contributed by atoms with Crippen LogP contribution in [0.1, 0.15) is 16.8 Å². The van der Waals surface area contributed by atoms with Crippen LogP contribution in [0.25, 0.3) is 0 Å². The standard InChI is InChI=1S/C13H15FN2O3/c14-5-8-19-12(17)10-3-1-4-11(9-10)16-7-2-6-15-13(16)18/h1,3-4,9H,2,5-8H2,(H,15,18). The molecule has 1 aromatic carbocycles. The zero-order valence-corrected chi connectivity index (χ0v) is 10.4. The maximum atomic E-state index is 12.0. The van der Waals surface area contributed by atoms with E-state index in [1.807, 2.05) is 0 Å². The lowest BCUT2D eigenvalue weighted by Crippen LogP contribution is -2.46. The average Bonchev–Trinajstić information content (AvgIpc) is 2.45. The Morgan fingerprint density at radius 2 is 2.32 bits per heavy atom. The number of alkyl halides is 1. The summed E-state index contributed by atoms with van der Waals surface area (Å²) in [6.45, 7) is 0.301. The van der Waals surface area contributed by atoms with Crippen LogP contribution in [0.4, 0.5) is 14.9 Å². The van der Waals surface area contributed by atoms with E-state index in [9.17, 15) is 14.0 Å². The van der Waals surface area contributed by atoms with Crippen molar-refractivity contribution in [1.82, 2.24) is 5.32 Å². The van der Waals surface area contributed by atoms with Crippen molar-refractivity contribution in [1.29, 1.82) is 0 Å². The second-order valence-corrected chi connectivity index (χ2v) is 4.11. The number of amides is 2. The minimum atomic E-state index is -0.708. The van der Waals surface area contributed by atoms with Gasteiger partial charge in [-0.2, -0.15) is 0 Å². The molecule has 1 saturated heterocycles. The van der Waals surface area contributed by atoms with Crippen LogP contribution in [-0.2, 0) is 4.74 Å². The summed E-state index contributed by atoms with van der Waals surface area (Å²) in [6, 6.07) is 6.39. The predicted molar refractivity (Wildman–Crippen MR) is 68.1 cm³/mol. The second kappa shape index (κ2) is 6.17. The zero-order chi connectivity index (χ0) is 13.7. The summed E-state index contributed by atoms with van der Waals surface area (Å²) >= 11 is 0. The van der Waals surface area contributed by atoms with Crippen molar-refractivity contribution in [3.8, 4) is 0 Å². The Bertz CT molecular complexity index is 479. The number of rotatable bonds is 4. The van der Waals surface area contributed by atoms with Crippen molar-refractivity contribution in [3.05, 3.63) is 29.8 Å². The summed E-state index contributed by atoms with van der Waals surface area (Å²) in [5.41, 5.74) is 0.941. The fourth-order valence-electron chi connectivity index (χ4n) is 1.89. The van der Waals surface area contributed by atoms with E-state index < -0.39 is 12.6 Å². The molecule has 0 bridgehead atoms. The van der Waals surface area contributed by atoms with Crippen molar-refractivity contribution in [2.75, 3.05) is 31.3 Å². The SMILES string of the molecule is O=C(OCCF)c1cccc(N2CCCNC2=O)c1. The van der Waals surface area contributed by atoms with Gasteiger partial charge in [-0.05, 0) is 24.6 Å². The van der Waals surface area contributed by atoms with Crippen LogP contribution in [0.15, 0.2) is 24.3 Å². The van der Waals surface area contributed by atoms with E-state index in [4.69, 9.17) is 4.74 Å². The first-order valence-electron chi connectivity index (χ1n) is 6.11. The molecule has 0 aliphatic carbocycles. The van der Waals surface area contributed by atoms with Crippen LogP contribution in [0, 0.1) is 0 Å². The normalized spacial score (nSPS) is 15.0. The van der Waals surface area contributed by atoms with Crippen LogP contribution in [0.5, 0.6) is 0 Å². The van der Waals surface area contributed by atoms with Crippen molar-refractivity contribution >= 4 is 17.7 Å². The third kappa shape index (κ3) is 3.21. The minimum absolute atomic E-state index is 0.180. The molecule has 102 valence electrons. The molecular weight excluding hydrogens is 251 g/mol. The van der Waals surface area contributed by atoms with Crippen LogP contribution in [0.3, 0.4) is 0 Å². The van der Waals surface area contributed by atoms with E-state index in [0.717, 1.165) is 6.42 Å². The summed E-state index contributed by atoms with van der Waals surface area (Å²) in [4.78, 5) is 24.9. The molecule has 0 saturated carbocycles. The number of urea groups is 1. The lowest BCUT2D eigenvalue weighted by Gasteiger charge is -2.27. The monoisotopic (exact) mass is 266 g/mol. The van der Waals surface area contributed by atoms with Crippen LogP contribution < -0.4 is 10.2 Å². The molecule has 0 unspecified atom stereocenters. The zero-order valence-electron chi connectivity index (χ0n) is 10.4. The van der Waals surface area contributed by atoms with Gasteiger partial charge in [0, 0.05) is 18.8 Å². The fourth-order valence-corrected chi connectivity index (χ4v) is 1.89. The van der Waals surface area contributed by atoms with E-state index in [1.165, 1.54) is 0 Å². The largest absolute Gasteiger partial charge is 0.459 e. The molecule has 0 radical (unpaired) electrons. The number of halogens is 1. The Kier molecular flexibility index (Phi) is 4.33. The Balaban J connectivity index is 2.14. The highest BCUT2D eigenvalue weighted by Crippen LogP contribution is 2.18. The molecule has 6 heteroatoms. The smallest absolute Gasteiger partial charge is 0.338 e. The highest BCUT2D eigenvalue weighted by molar-refractivity contribution is 5.95. The number of esters is 1. The first kappa shape index (κ1) is 13.3. The molecule has 19 heavy (non-hydrogen) atoms. The van der Waals surface area contributed by atoms with Crippen molar-refractivity contribution in [2.24, 2.45) is 0 Å². The van der Waals surface area contributed by atoms with Gasteiger partial charge < -0.3 is 10.1 Å². The van der Waals surface area contributed by atoms with Gasteiger partial charge in [-0.15, -0.1) is 0 Å². The molecule has 2 amide bonds. The van der Waals surface area contributed by atoms with E-state index in [1.54, 1.807) is 29.2 Å². The molecule has 1 aromatic rings. The highest BCUT2D eigenvalue weighted by Gasteiger charge is 2.20. The second-order valence-electron chi connectivity index (χ2n) is 4.11. The van der Waals surface area contributed by atoms with Gasteiger partial charge in [-0.25, -0.2) is 14.0 Å². The number of hydrogen-bond acceptors (Lipinski definition) is 3.